The third-order valence-corrected chi connectivity index (χ3v) is 6.97. The number of hydrogen-bond donors (Lipinski definition) is 0. The van der Waals surface area contributed by atoms with Crippen LogP contribution in [0.2, 0.25) is 10.0 Å². The van der Waals surface area contributed by atoms with Gasteiger partial charge in [0.15, 0.2) is 11.5 Å². The van der Waals surface area contributed by atoms with Gasteiger partial charge >= 0.3 is 0 Å². The topological polar surface area (TPSA) is 59.1 Å². The summed E-state index contributed by atoms with van der Waals surface area (Å²) >= 11 is 11.9. The fourth-order valence-electron chi connectivity index (χ4n) is 3.19. The summed E-state index contributed by atoms with van der Waals surface area (Å²) in [5.74, 6) is 1.36. The van der Waals surface area contributed by atoms with Gasteiger partial charge in [0.25, 0.3) is 0 Å². The number of sulfonamides is 1. The lowest BCUT2D eigenvalue weighted by Gasteiger charge is -2.34. The highest BCUT2D eigenvalue weighted by Gasteiger charge is 2.29. The van der Waals surface area contributed by atoms with Gasteiger partial charge in [0.2, 0.25) is 10.0 Å². The van der Waals surface area contributed by atoms with Gasteiger partial charge in [0, 0.05) is 42.8 Å². The smallest absolute Gasteiger partial charge is 0.243 e. The van der Waals surface area contributed by atoms with Crippen LogP contribution in [-0.4, -0.2) is 58.0 Å². The Balaban J connectivity index is 1.66. The first-order valence-corrected chi connectivity index (χ1v) is 10.9. The molecule has 0 radical (unpaired) electrons. The predicted octanol–water partition coefficient (Wildman–Crippen LogP) is 3.52. The molecule has 0 spiro atoms. The summed E-state index contributed by atoms with van der Waals surface area (Å²) in [5, 5.41) is 0.608. The van der Waals surface area contributed by atoms with E-state index in [2.05, 4.69) is 4.90 Å². The van der Waals surface area contributed by atoms with Crippen LogP contribution in [0.15, 0.2) is 41.3 Å². The van der Waals surface area contributed by atoms with Crippen LogP contribution in [-0.2, 0) is 16.6 Å². The van der Waals surface area contributed by atoms with Gasteiger partial charge in [-0.25, -0.2) is 8.42 Å². The molecular formula is C19H22Cl2N2O4S. The molecule has 0 bridgehead atoms. The lowest BCUT2D eigenvalue weighted by Crippen LogP contribution is -2.48. The van der Waals surface area contributed by atoms with E-state index in [4.69, 9.17) is 32.7 Å². The van der Waals surface area contributed by atoms with Crippen LogP contribution in [0.4, 0.5) is 0 Å². The van der Waals surface area contributed by atoms with Crippen LogP contribution in [0, 0.1) is 0 Å². The van der Waals surface area contributed by atoms with Crippen molar-refractivity contribution in [1.82, 2.24) is 9.21 Å². The lowest BCUT2D eigenvalue weighted by atomic mass is 10.1. The number of piperazine rings is 1. The standard InChI is InChI=1S/C19H22Cl2N2O4S/c1-26-18-4-3-14(9-19(18)27-2)13-22-5-7-23(8-6-22)28(24,25)17-11-15(20)10-16(21)12-17/h3-4,9-12H,5-8,13H2,1-2H3. The highest BCUT2D eigenvalue weighted by atomic mass is 35.5. The van der Waals surface area contributed by atoms with Crippen molar-refractivity contribution in [3.05, 3.63) is 52.0 Å². The summed E-state index contributed by atoms with van der Waals surface area (Å²) in [6.07, 6.45) is 0. The summed E-state index contributed by atoms with van der Waals surface area (Å²) in [4.78, 5) is 2.33. The second kappa shape index (κ2) is 8.88. The molecule has 1 saturated heterocycles. The van der Waals surface area contributed by atoms with Gasteiger partial charge in [-0.2, -0.15) is 4.31 Å². The van der Waals surface area contributed by atoms with E-state index in [-0.39, 0.29) is 4.90 Å². The van der Waals surface area contributed by atoms with Crippen LogP contribution in [0.1, 0.15) is 5.56 Å². The number of halogens is 2. The van der Waals surface area contributed by atoms with Crippen LogP contribution in [0.25, 0.3) is 0 Å². The van der Waals surface area contributed by atoms with E-state index >= 15 is 0 Å². The normalized spacial score (nSPS) is 16.1. The summed E-state index contributed by atoms with van der Waals surface area (Å²) in [7, 11) is -0.416. The highest BCUT2D eigenvalue weighted by Crippen LogP contribution is 2.29. The number of nitrogens with zero attached hydrogens (tertiary/aromatic N) is 2. The van der Waals surface area contributed by atoms with Crippen LogP contribution in [0.3, 0.4) is 0 Å². The van der Waals surface area contributed by atoms with Gasteiger partial charge in [-0.1, -0.05) is 29.3 Å². The molecule has 6 nitrogen and oxygen atoms in total. The molecule has 0 unspecified atom stereocenters. The minimum absolute atomic E-state index is 0.123. The van der Waals surface area contributed by atoms with Crippen molar-refractivity contribution in [2.75, 3.05) is 40.4 Å². The Labute approximate surface area is 175 Å². The molecule has 1 aliphatic rings. The Kier molecular flexibility index (Phi) is 6.73. The van der Waals surface area contributed by atoms with Crippen molar-refractivity contribution in [3.63, 3.8) is 0 Å². The molecule has 2 aromatic rings. The second-order valence-corrected chi connectivity index (χ2v) is 9.29. The van der Waals surface area contributed by atoms with Crippen LogP contribution >= 0.6 is 23.2 Å². The van der Waals surface area contributed by atoms with E-state index in [1.54, 1.807) is 14.2 Å². The predicted molar refractivity (Wildman–Crippen MR) is 110 cm³/mol. The van der Waals surface area contributed by atoms with Crippen molar-refractivity contribution < 1.29 is 17.9 Å². The Hall–Kier alpha value is -1.51. The molecule has 0 aliphatic carbocycles. The Morgan fingerprint density at radius 2 is 1.50 bits per heavy atom. The van der Waals surface area contributed by atoms with Crippen molar-refractivity contribution in [2.45, 2.75) is 11.4 Å². The average Bonchev–Trinajstić information content (AvgIpc) is 2.67. The Bertz CT molecular complexity index is 925. The first-order valence-electron chi connectivity index (χ1n) is 8.73. The number of rotatable bonds is 6. The molecule has 0 atom stereocenters. The van der Waals surface area contributed by atoms with Gasteiger partial charge in [0.1, 0.15) is 0 Å². The molecule has 1 aliphatic heterocycles. The zero-order valence-electron chi connectivity index (χ0n) is 15.7. The maximum atomic E-state index is 12.9. The zero-order valence-corrected chi connectivity index (χ0v) is 18.0. The van der Waals surface area contributed by atoms with E-state index in [1.807, 2.05) is 18.2 Å². The second-order valence-electron chi connectivity index (χ2n) is 6.47. The van der Waals surface area contributed by atoms with Crippen LogP contribution in [0.5, 0.6) is 11.5 Å². The van der Waals surface area contributed by atoms with E-state index in [9.17, 15) is 8.42 Å². The van der Waals surface area contributed by atoms with E-state index in [1.165, 1.54) is 22.5 Å². The number of benzene rings is 2. The monoisotopic (exact) mass is 444 g/mol. The zero-order chi connectivity index (χ0) is 20.3. The van der Waals surface area contributed by atoms with Crippen molar-refractivity contribution in [1.29, 1.82) is 0 Å². The molecule has 3 rings (SSSR count). The van der Waals surface area contributed by atoms with E-state index in [0.717, 1.165) is 5.56 Å². The van der Waals surface area contributed by atoms with Crippen LogP contribution < -0.4 is 9.47 Å². The SMILES string of the molecule is COc1ccc(CN2CCN(S(=O)(=O)c3cc(Cl)cc(Cl)c3)CC2)cc1OC. The molecule has 0 amide bonds. The Morgan fingerprint density at radius 1 is 0.893 bits per heavy atom. The molecule has 0 aromatic heterocycles. The average molecular weight is 445 g/mol. The van der Waals surface area contributed by atoms with Gasteiger partial charge in [-0.3, -0.25) is 4.90 Å². The fraction of sp³-hybridized carbons (Fsp3) is 0.368. The first-order chi connectivity index (χ1) is 13.3. The van der Waals surface area contributed by atoms with Crippen molar-refractivity contribution in [3.8, 4) is 11.5 Å². The summed E-state index contributed by atoms with van der Waals surface area (Å²) in [5.41, 5.74) is 1.08. The molecule has 1 fully saturated rings. The molecule has 152 valence electrons. The third-order valence-electron chi connectivity index (χ3n) is 4.66. The largest absolute Gasteiger partial charge is 0.493 e. The molecule has 9 heteroatoms. The molecule has 0 N–H and O–H groups in total. The highest BCUT2D eigenvalue weighted by molar-refractivity contribution is 7.89. The maximum absolute atomic E-state index is 12.9. The van der Waals surface area contributed by atoms with Gasteiger partial charge in [-0.05, 0) is 35.9 Å². The maximum Gasteiger partial charge on any atom is 0.243 e. The van der Waals surface area contributed by atoms with E-state index < -0.39 is 10.0 Å². The number of hydrogen-bond acceptors (Lipinski definition) is 5. The minimum atomic E-state index is -3.62. The summed E-state index contributed by atoms with van der Waals surface area (Å²) < 4.78 is 37.8. The number of methoxy groups -OCH3 is 2. The summed E-state index contributed by atoms with van der Waals surface area (Å²) in [6, 6.07) is 10.2. The molecule has 1 heterocycles. The minimum Gasteiger partial charge on any atom is -0.493 e. The van der Waals surface area contributed by atoms with Crippen molar-refractivity contribution in [2.24, 2.45) is 0 Å². The lowest BCUT2D eigenvalue weighted by molar-refractivity contribution is 0.181. The third kappa shape index (κ3) is 4.72. The Morgan fingerprint density at radius 3 is 2.07 bits per heavy atom. The summed E-state index contributed by atoms with van der Waals surface area (Å²) in [6.45, 7) is 2.76. The quantitative estimate of drug-likeness (QED) is 0.681. The molecular weight excluding hydrogens is 423 g/mol. The first kappa shape index (κ1) is 21.2. The van der Waals surface area contributed by atoms with Gasteiger partial charge in [0.05, 0.1) is 19.1 Å². The molecule has 2 aromatic carbocycles. The van der Waals surface area contributed by atoms with Gasteiger partial charge in [-0.15, -0.1) is 0 Å². The fourth-order valence-corrected chi connectivity index (χ4v) is 5.34. The number of ether oxygens (including phenoxy) is 2. The molecule has 0 saturated carbocycles. The molecule has 28 heavy (non-hydrogen) atoms. The van der Waals surface area contributed by atoms with E-state index in [0.29, 0.717) is 54.3 Å². The van der Waals surface area contributed by atoms with Gasteiger partial charge < -0.3 is 9.47 Å². The van der Waals surface area contributed by atoms with Crippen molar-refractivity contribution >= 4 is 33.2 Å².